The highest BCUT2D eigenvalue weighted by Gasteiger charge is 2.24. The normalized spacial score (nSPS) is 22.4. The molecule has 1 atom stereocenters. The summed E-state index contributed by atoms with van der Waals surface area (Å²) in [4.78, 5) is 18.8. The summed E-state index contributed by atoms with van der Waals surface area (Å²) in [5.74, 6) is 0.415. The second-order valence-electron chi connectivity index (χ2n) is 5.84. The predicted octanol–water partition coefficient (Wildman–Crippen LogP) is 0.857. The average molecular weight is 274 g/mol. The van der Waals surface area contributed by atoms with Crippen molar-refractivity contribution in [2.24, 2.45) is 5.73 Å². The van der Waals surface area contributed by atoms with Gasteiger partial charge in [-0.2, -0.15) is 0 Å². The lowest BCUT2D eigenvalue weighted by atomic mass is 9.94. The molecule has 108 valence electrons. The molecule has 1 aromatic heterocycles. The Kier molecular flexibility index (Phi) is 3.61. The topological polar surface area (TPSA) is 71.2 Å². The third kappa shape index (κ3) is 2.50. The fraction of sp³-hybridized carbons (Fsp3) is 0.600. The number of hydrogen-bond acceptors (Lipinski definition) is 4. The highest BCUT2D eigenvalue weighted by Crippen LogP contribution is 2.27. The van der Waals surface area contributed by atoms with Crippen LogP contribution < -0.4 is 16.0 Å². The quantitative estimate of drug-likeness (QED) is 0.839. The van der Waals surface area contributed by atoms with E-state index in [2.05, 4.69) is 17.1 Å². The van der Waals surface area contributed by atoms with Crippen molar-refractivity contribution < 1.29 is 4.79 Å². The summed E-state index contributed by atoms with van der Waals surface area (Å²) in [5, 5.41) is 3.41. The Labute approximate surface area is 119 Å². The molecule has 0 saturated carbocycles. The maximum absolute atomic E-state index is 11.8. The van der Waals surface area contributed by atoms with E-state index in [4.69, 9.17) is 10.7 Å². The van der Waals surface area contributed by atoms with Crippen molar-refractivity contribution in [2.45, 2.75) is 38.6 Å². The van der Waals surface area contributed by atoms with E-state index in [1.54, 1.807) is 0 Å². The Balaban J connectivity index is 2.01. The molecule has 3 rings (SSSR count). The van der Waals surface area contributed by atoms with E-state index >= 15 is 0 Å². The molecule has 1 fully saturated rings. The summed E-state index contributed by atoms with van der Waals surface area (Å²) < 4.78 is 0. The first-order valence-electron chi connectivity index (χ1n) is 7.46. The minimum Gasteiger partial charge on any atom is -0.365 e. The fourth-order valence-electron chi connectivity index (χ4n) is 3.17. The van der Waals surface area contributed by atoms with Gasteiger partial charge in [0, 0.05) is 31.4 Å². The Hall–Kier alpha value is -1.62. The molecule has 20 heavy (non-hydrogen) atoms. The maximum Gasteiger partial charge on any atom is 0.252 e. The highest BCUT2D eigenvalue weighted by molar-refractivity contribution is 5.98. The predicted molar refractivity (Wildman–Crippen MR) is 79.1 cm³/mol. The molecule has 5 heteroatoms. The van der Waals surface area contributed by atoms with Gasteiger partial charge < -0.3 is 16.0 Å². The zero-order valence-corrected chi connectivity index (χ0v) is 12.0. The number of carbonyl (C=O) groups excluding carboxylic acids is 1. The zero-order chi connectivity index (χ0) is 14.1. The Morgan fingerprint density at radius 1 is 1.45 bits per heavy atom. The first-order chi connectivity index (χ1) is 9.65. The molecule has 3 N–H and O–H groups in total. The number of fused-ring (bicyclic) bond motifs is 1. The van der Waals surface area contributed by atoms with Gasteiger partial charge in [-0.25, -0.2) is 4.98 Å². The van der Waals surface area contributed by atoms with Crippen molar-refractivity contribution in [3.8, 4) is 0 Å². The van der Waals surface area contributed by atoms with Crippen molar-refractivity contribution in [2.75, 3.05) is 24.5 Å². The van der Waals surface area contributed by atoms with Crippen LogP contribution in [0.2, 0.25) is 0 Å². The molecule has 5 nitrogen and oxygen atoms in total. The molecule has 1 amide bonds. The first-order valence-corrected chi connectivity index (χ1v) is 7.46. The summed E-state index contributed by atoms with van der Waals surface area (Å²) in [7, 11) is 0. The Morgan fingerprint density at radius 3 is 3.00 bits per heavy atom. The number of hydrogen-bond donors (Lipinski definition) is 2. The van der Waals surface area contributed by atoms with Crippen LogP contribution in [0.5, 0.6) is 0 Å². The Morgan fingerprint density at radius 2 is 2.25 bits per heavy atom. The number of rotatable bonds is 2. The van der Waals surface area contributed by atoms with Gasteiger partial charge in [0.2, 0.25) is 0 Å². The maximum atomic E-state index is 11.8. The lowest BCUT2D eigenvalue weighted by Crippen LogP contribution is -2.50. The molecule has 1 unspecified atom stereocenters. The molecule has 0 spiro atoms. The molecule has 1 aliphatic carbocycles. The first kappa shape index (κ1) is 13.4. The number of aryl methyl sites for hydroxylation is 2. The second kappa shape index (κ2) is 5.40. The number of nitrogens with one attached hydrogen (secondary N) is 1. The van der Waals surface area contributed by atoms with E-state index in [1.807, 2.05) is 6.07 Å². The average Bonchev–Trinajstić information content (AvgIpc) is 2.46. The molecular weight excluding hydrogens is 252 g/mol. The van der Waals surface area contributed by atoms with Crippen LogP contribution in [0.1, 0.15) is 41.4 Å². The number of aromatic nitrogens is 1. The summed E-state index contributed by atoms with van der Waals surface area (Å²) in [5.41, 5.74) is 8.51. The summed E-state index contributed by atoms with van der Waals surface area (Å²) in [6, 6.07) is 2.38. The molecule has 2 aliphatic rings. The largest absolute Gasteiger partial charge is 0.365 e. The number of amides is 1. The van der Waals surface area contributed by atoms with Gasteiger partial charge in [-0.1, -0.05) is 0 Å². The molecule has 0 bridgehead atoms. The van der Waals surface area contributed by atoms with Crippen LogP contribution in [0.15, 0.2) is 6.07 Å². The second-order valence-corrected chi connectivity index (χ2v) is 5.84. The third-order valence-electron chi connectivity index (χ3n) is 4.21. The SMILES string of the molecule is CC1CN(c2nc3c(cc2C(N)=O)CCCC3)CCN1. The van der Waals surface area contributed by atoms with Gasteiger partial charge in [0.25, 0.3) is 5.91 Å². The van der Waals surface area contributed by atoms with E-state index in [-0.39, 0.29) is 5.91 Å². The van der Waals surface area contributed by atoms with Crippen molar-refractivity contribution in [1.82, 2.24) is 10.3 Å². The van der Waals surface area contributed by atoms with Crippen LogP contribution in [-0.2, 0) is 12.8 Å². The van der Waals surface area contributed by atoms with Crippen molar-refractivity contribution in [3.05, 3.63) is 22.9 Å². The summed E-state index contributed by atoms with van der Waals surface area (Å²) in [6.45, 7) is 4.80. The van der Waals surface area contributed by atoms with E-state index < -0.39 is 0 Å². The van der Waals surface area contributed by atoms with E-state index in [0.717, 1.165) is 44.0 Å². The van der Waals surface area contributed by atoms with Crippen molar-refractivity contribution >= 4 is 11.7 Å². The minimum absolute atomic E-state index is 0.368. The van der Waals surface area contributed by atoms with Crippen LogP contribution in [0.3, 0.4) is 0 Å². The van der Waals surface area contributed by atoms with Gasteiger partial charge in [-0.3, -0.25) is 4.79 Å². The number of primary amides is 1. The highest BCUT2D eigenvalue weighted by atomic mass is 16.1. The van der Waals surface area contributed by atoms with Gasteiger partial charge in [-0.15, -0.1) is 0 Å². The number of piperazine rings is 1. The molecule has 0 aromatic carbocycles. The van der Waals surface area contributed by atoms with Crippen molar-refractivity contribution in [1.29, 1.82) is 0 Å². The van der Waals surface area contributed by atoms with Gasteiger partial charge >= 0.3 is 0 Å². The van der Waals surface area contributed by atoms with Crippen LogP contribution >= 0.6 is 0 Å². The summed E-state index contributed by atoms with van der Waals surface area (Å²) in [6.07, 6.45) is 4.40. The fourth-order valence-corrected chi connectivity index (χ4v) is 3.17. The number of carbonyl (C=O) groups is 1. The van der Waals surface area contributed by atoms with Crippen LogP contribution in [0, 0.1) is 0 Å². The number of anilines is 1. The van der Waals surface area contributed by atoms with E-state index in [1.165, 1.54) is 18.4 Å². The summed E-state index contributed by atoms with van der Waals surface area (Å²) >= 11 is 0. The standard InChI is InChI=1S/C15H22N4O/c1-10-9-19(7-6-17-10)15-12(14(16)20)8-11-4-2-3-5-13(11)18-15/h8,10,17H,2-7,9H2,1H3,(H2,16,20). The van der Waals surface area contributed by atoms with Crippen LogP contribution in [0.25, 0.3) is 0 Å². The van der Waals surface area contributed by atoms with E-state index in [0.29, 0.717) is 11.6 Å². The van der Waals surface area contributed by atoms with Gasteiger partial charge in [0.05, 0.1) is 5.56 Å². The number of pyridine rings is 1. The molecule has 0 radical (unpaired) electrons. The molecule has 1 saturated heterocycles. The smallest absolute Gasteiger partial charge is 0.252 e. The number of nitrogens with two attached hydrogens (primary N) is 1. The van der Waals surface area contributed by atoms with E-state index in [9.17, 15) is 4.79 Å². The third-order valence-corrected chi connectivity index (χ3v) is 4.21. The van der Waals surface area contributed by atoms with Gasteiger partial charge in [0.1, 0.15) is 5.82 Å². The molecule has 1 aromatic rings. The van der Waals surface area contributed by atoms with Gasteiger partial charge in [-0.05, 0) is 44.2 Å². The van der Waals surface area contributed by atoms with Crippen molar-refractivity contribution in [3.63, 3.8) is 0 Å². The molecule has 1 aliphatic heterocycles. The molecule has 2 heterocycles. The van der Waals surface area contributed by atoms with Gasteiger partial charge in [0.15, 0.2) is 0 Å². The van der Waals surface area contributed by atoms with Crippen LogP contribution in [0.4, 0.5) is 5.82 Å². The van der Waals surface area contributed by atoms with Crippen LogP contribution in [-0.4, -0.2) is 36.6 Å². The zero-order valence-electron chi connectivity index (χ0n) is 12.0. The lowest BCUT2D eigenvalue weighted by molar-refractivity contribution is 0.1000. The minimum atomic E-state index is -0.368. The Bertz CT molecular complexity index is 529. The number of nitrogens with zero attached hydrogens (tertiary/aromatic N) is 2. The lowest BCUT2D eigenvalue weighted by Gasteiger charge is -2.34. The monoisotopic (exact) mass is 274 g/mol. The molecular formula is C15H22N4O.